The van der Waals surface area contributed by atoms with Crippen molar-refractivity contribution in [1.29, 1.82) is 0 Å². The average Bonchev–Trinajstić information content (AvgIpc) is 2.72. The van der Waals surface area contributed by atoms with Gasteiger partial charge in [0, 0.05) is 17.5 Å². The highest BCUT2D eigenvalue weighted by Gasteiger charge is 2.18. The van der Waals surface area contributed by atoms with Crippen molar-refractivity contribution in [2.24, 2.45) is 0 Å². The molecule has 8 nitrogen and oxygen atoms in total. The monoisotopic (exact) mass is 449 g/mol. The number of esters is 1. The van der Waals surface area contributed by atoms with Crippen LogP contribution in [-0.4, -0.2) is 48.8 Å². The molecule has 0 unspecified atom stereocenters. The highest BCUT2D eigenvalue weighted by atomic mass is 32.2. The Morgan fingerprint density at radius 1 is 1.00 bits per heavy atom. The summed E-state index contributed by atoms with van der Waals surface area (Å²) >= 11 is 1.26. The van der Waals surface area contributed by atoms with Crippen LogP contribution in [0, 0.1) is 0 Å². The van der Waals surface area contributed by atoms with Gasteiger partial charge in [-0.05, 0) is 31.9 Å². The Hall–Kier alpha value is -2.55. The van der Waals surface area contributed by atoms with E-state index in [1.807, 2.05) is 0 Å². The van der Waals surface area contributed by atoms with Crippen LogP contribution in [0.2, 0.25) is 0 Å². The van der Waals surface area contributed by atoms with Crippen molar-refractivity contribution in [3.63, 3.8) is 0 Å². The lowest BCUT2D eigenvalue weighted by Crippen LogP contribution is -2.41. The van der Waals surface area contributed by atoms with Gasteiger partial charge < -0.3 is 15.4 Å². The number of carbonyl (C=O) groups is 4. The molecule has 0 atom stereocenters. The van der Waals surface area contributed by atoms with Gasteiger partial charge in [-0.15, -0.1) is 11.8 Å². The first-order valence-corrected chi connectivity index (χ1v) is 11.7. The Balaban J connectivity index is 1.83. The summed E-state index contributed by atoms with van der Waals surface area (Å²) in [5.41, 5.74) is 0.275. The van der Waals surface area contributed by atoms with Crippen LogP contribution in [-0.2, 0) is 14.3 Å². The molecule has 1 aliphatic rings. The topological polar surface area (TPSA) is 114 Å². The van der Waals surface area contributed by atoms with E-state index in [0.717, 1.165) is 25.7 Å². The molecule has 4 amide bonds. The molecule has 1 aromatic rings. The summed E-state index contributed by atoms with van der Waals surface area (Å²) in [4.78, 5) is 48.4. The van der Waals surface area contributed by atoms with Crippen LogP contribution in [0.3, 0.4) is 0 Å². The molecule has 1 aliphatic carbocycles. The van der Waals surface area contributed by atoms with Crippen molar-refractivity contribution in [1.82, 2.24) is 16.0 Å². The minimum absolute atomic E-state index is 0.0555. The van der Waals surface area contributed by atoms with Crippen molar-refractivity contribution in [3.8, 4) is 0 Å². The fraction of sp³-hybridized carbons (Fsp3) is 0.545. The van der Waals surface area contributed by atoms with Crippen LogP contribution < -0.4 is 16.0 Å². The molecule has 0 bridgehead atoms. The number of thioether (sulfide) groups is 1. The Kier molecular flexibility index (Phi) is 10.9. The van der Waals surface area contributed by atoms with Crippen LogP contribution >= 0.6 is 11.8 Å². The van der Waals surface area contributed by atoms with Crippen LogP contribution in [0.15, 0.2) is 29.2 Å². The second-order valence-electron chi connectivity index (χ2n) is 7.38. The fourth-order valence-electron chi connectivity index (χ4n) is 3.35. The summed E-state index contributed by atoms with van der Waals surface area (Å²) in [6.07, 6.45) is 8.02. The number of amides is 4. The summed E-state index contributed by atoms with van der Waals surface area (Å²) in [7, 11) is 0. The standard InChI is InChI=1S/C22H31N3O5S/c1-2-23-22(29)25-19(26)14-30-21(28)17-12-8-9-13-18(17)31-15-20(27)24-16-10-6-4-3-5-7-11-16/h8-9,12-13,16H,2-7,10-11,14-15H2,1H3,(H,24,27)(H2,23,25,26,29). The number of hydrogen-bond donors (Lipinski definition) is 3. The quantitative estimate of drug-likeness (QED) is 0.415. The molecule has 0 radical (unpaired) electrons. The minimum Gasteiger partial charge on any atom is -0.452 e. The first-order chi connectivity index (χ1) is 15.0. The Bertz CT molecular complexity index is 763. The van der Waals surface area contributed by atoms with Crippen LogP contribution in [0.4, 0.5) is 4.79 Å². The first kappa shape index (κ1) is 24.7. The summed E-state index contributed by atoms with van der Waals surface area (Å²) in [6.45, 7) is 1.52. The fourth-order valence-corrected chi connectivity index (χ4v) is 4.20. The van der Waals surface area contributed by atoms with Gasteiger partial charge in [-0.2, -0.15) is 0 Å². The van der Waals surface area contributed by atoms with Crippen LogP contribution in [0.1, 0.15) is 62.2 Å². The van der Waals surface area contributed by atoms with Gasteiger partial charge in [0.15, 0.2) is 6.61 Å². The average molecular weight is 450 g/mol. The number of benzene rings is 1. The molecule has 1 saturated carbocycles. The molecule has 1 aromatic carbocycles. The zero-order valence-corrected chi connectivity index (χ0v) is 18.7. The third kappa shape index (κ3) is 9.42. The van der Waals surface area contributed by atoms with Crippen molar-refractivity contribution >= 4 is 35.6 Å². The number of ether oxygens (including phenoxy) is 1. The molecule has 1 fully saturated rings. The highest BCUT2D eigenvalue weighted by Crippen LogP contribution is 2.24. The normalized spacial score (nSPS) is 14.6. The van der Waals surface area contributed by atoms with Gasteiger partial charge in [-0.1, -0.05) is 44.2 Å². The Labute approximate surface area is 187 Å². The lowest BCUT2D eigenvalue weighted by Gasteiger charge is -2.21. The third-order valence-corrected chi connectivity index (χ3v) is 5.93. The van der Waals surface area contributed by atoms with E-state index in [9.17, 15) is 19.2 Å². The van der Waals surface area contributed by atoms with Gasteiger partial charge in [-0.25, -0.2) is 9.59 Å². The van der Waals surface area contributed by atoms with Crippen LogP contribution in [0.5, 0.6) is 0 Å². The summed E-state index contributed by atoms with van der Waals surface area (Å²) in [5, 5.41) is 7.59. The highest BCUT2D eigenvalue weighted by molar-refractivity contribution is 8.00. The van der Waals surface area contributed by atoms with E-state index in [4.69, 9.17) is 4.74 Å². The Morgan fingerprint density at radius 2 is 1.68 bits per heavy atom. The van der Waals surface area contributed by atoms with E-state index in [-0.39, 0.29) is 23.3 Å². The van der Waals surface area contributed by atoms with E-state index in [2.05, 4.69) is 16.0 Å². The van der Waals surface area contributed by atoms with Gasteiger partial charge in [0.1, 0.15) is 0 Å². The van der Waals surface area contributed by atoms with Gasteiger partial charge in [0.2, 0.25) is 5.91 Å². The molecule has 9 heteroatoms. The predicted molar refractivity (Wildman–Crippen MR) is 119 cm³/mol. The molecule has 170 valence electrons. The Morgan fingerprint density at radius 3 is 2.39 bits per heavy atom. The first-order valence-electron chi connectivity index (χ1n) is 10.8. The maximum atomic E-state index is 12.4. The smallest absolute Gasteiger partial charge is 0.339 e. The van der Waals surface area contributed by atoms with Crippen molar-refractivity contribution in [2.45, 2.75) is 62.8 Å². The summed E-state index contributed by atoms with van der Waals surface area (Å²) in [6, 6.07) is 6.35. The molecule has 0 spiro atoms. The number of nitrogens with one attached hydrogen (secondary N) is 3. The van der Waals surface area contributed by atoms with E-state index in [1.54, 1.807) is 31.2 Å². The van der Waals surface area contributed by atoms with E-state index >= 15 is 0 Å². The van der Waals surface area contributed by atoms with Crippen LogP contribution in [0.25, 0.3) is 0 Å². The lowest BCUT2D eigenvalue weighted by molar-refractivity contribution is -0.123. The van der Waals surface area contributed by atoms with Gasteiger partial charge >= 0.3 is 12.0 Å². The third-order valence-electron chi connectivity index (χ3n) is 4.86. The number of rotatable bonds is 8. The molecule has 0 aromatic heterocycles. The predicted octanol–water partition coefficient (Wildman–Crippen LogP) is 3.01. The molecular formula is C22H31N3O5S. The number of carbonyl (C=O) groups excluding carboxylic acids is 4. The van der Waals surface area contributed by atoms with E-state index in [1.165, 1.54) is 31.0 Å². The van der Waals surface area contributed by atoms with E-state index in [0.29, 0.717) is 11.4 Å². The largest absolute Gasteiger partial charge is 0.452 e. The zero-order chi connectivity index (χ0) is 22.5. The second-order valence-corrected chi connectivity index (χ2v) is 8.40. The minimum atomic E-state index is -0.719. The van der Waals surface area contributed by atoms with Crippen molar-refractivity contribution in [3.05, 3.63) is 29.8 Å². The SMILES string of the molecule is CCNC(=O)NC(=O)COC(=O)c1ccccc1SCC(=O)NC1CCCCCCC1. The molecule has 0 saturated heterocycles. The maximum absolute atomic E-state index is 12.4. The lowest BCUT2D eigenvalue weighted by atomic mass is 9.97. The summed E-state index contributed by atoms with van der Waals surface area (Å²) in [5.74, 6) is -1.27. The molecular weight excluding hydrogens is 418 g/mol. The zero-order valence-electron chi connectivity index (χ0n) is 17.9. The van der Waals surface area contributed by atoms with E-state index < -0.39 is 24.5 Å². The van der Waals surface area contributed by atoms with Gasteiger partial charge in [0.25, 0.3) is 5.91 Å². The van der Waals surface area contributed by atoms with Gasteiger partial charge in [-0.3, -0.25) is 14.9 Å². The van der Waals surface area contributed by atoms with Crippen molar-refractivity contribution in [2.75, 3.05) is 18.9 Å². The summed E-state index contributed by atoms with van der Waals surface area (Å²) < 4.78 is 5.02. The molecule has 31 heavy (non-hydrogen) atoms. The second kappa shape index (κ2) is 13.7. The number of urea groups is 1. The molecule has 0 heterocycles. The maximum Gasteiger partial charge on any atom is 0.339 e. The number of imide groups is 1. The molecule has 0 aliphatic heterocycles. The van der Waals surface area contributed by atoms with Gasteiger partial charge in [0.05, 0.1) is 11.3 Å². The number of hydrogen-bond acceptors (Lipinski definition) is 6. The molecule has 2 rings (SSSR count). The van der Waals surface area contributed by atoms with Crippen molar-refractivity contribution < 1.29 is 23.9 Å². The molecule has 3 N–H and O–H groups in total.